The maximum absolute atomic E-state index is 11.9. The van der Waals surface area contributed by atoms with Gasteiger partial charge in [-0.3, -0.25) is 4.79 Å². The summed E-state index contributed by atoms with van der Waals surface area (Å²) in [5.41, 5.74) is 0.707. The van der Waals surface area contributed by atoms with Gasteiger partial charge in [0, 0.05) is 10.9 Å². The fourth-order valence-corrected chi connectivity index (χ4v) is 2.44. The third kappa shape index (κ3) is 3.35. The first-order valence-corrected chi connectivity index (χ1v) is 6.78. The number of ether oxygens (including phenoxy) is 1. The van der Waals surface area contributed by atoms with Gasteiger partial charge in [0.05, 0.1) is 12.8 Å². The van der Waals surface area contributed by atoms with E-state index in [9.17, 15) is 4.79 Å². The Morgan fingerprint density at radius 1 is 1.56 bits per heavy atom. The van der Waals surface area contributed by atoms with Crippen LogP contribution >= 0.6 is 15.9 Å². The van der Waals surface area contributed by atoms with Crippen LogP contribution in [0.5, 0.6) is 5.75 Å². The summed E-state index contributed by atoms with van der Waals surface area (Å²) in [6, 6.07) is 5.56. The van der Waals surface area contributed by atoms with Crippen LogP contribution in [0.1, 0.15) is 19.3 Å². The monoisotopic (exact) mass is 309 g/mol. The number of anilines is 1. The number of carbonyl (C=O) groups is 1. The van der Waals surface area contributed by atoms with Crippen molar-refractivity contribution in [1.82, 2.24) is 0 Å². The highest BCUT2D eigenvalue weighted by atomic mass is 79.9. The molecule has 1 aromatic carbocycles. The van der Waals surface area contributed by atoms with Crippen molar-refractivity contribution in [2.75, 3.05) is 12.4 Å². The summed E-state index contributed by atoms with van der Waals surface area (Å²) in [7, 11) is 1.60. The van der Waals surface area contributed by atoms with E-state index in [0.717, 1.165) is 17.3 Å². The minimum atomic E-state index is 0.0305. The van der Waals surface area contributed by atoms with Gasteiger partial charge < -0.3 is 10.1 Å². The summed E-state index contributed by atoms with van der Waals surface area (Å²) in [5, 5.41) is 2.90. The zero-order valence-corrected chi connectivity index (χ0v) is 11.9. The zero-order chi connectivity index (χ0) is 13.0. The van der Waals surface area contributed by atoms with Crippen LogP contribution in [-0.4, -0.2) is 13.0 Å². The Kier molecular flexibility index (Phi) is 4.42. The van der Waals surface area contributed by atoms with E-state index in [4.69, 9.17) is 4.74 Å². The summed E-state index contributed by atoms with van der Waals surface area (Å²) in [5.74, 6) is 1.08. The maximum Gasteiger partial charge on any atom is 0.225 e. The van der Waals surface area contributed by atoms with E-state index in [0.29, 0.717) is 23.8 Å². The van der Waals surface area contributed by atoms with Gasteiger partial charge in [-0.2, -0.15) is 0 Å². The molecule has 1 unspecified atom stereocenters. The average Bonchev–Trinajstić information content (AvgIpc) is 2.82. The van der Waals surface area contributed by atoms with Crippen molar-refractivity contribution >= 4 is 27.5 Å². The van der Waals surface area contributed by atoms with Crippen LogP contribution in [0.25, 0.3) is 0 Å². The highest BCUT2D eigenvalue weighted by Gasteiger charge is 2.15. The lowest BCUT2D eigenvalue weighted by Gasteiger charge is -2.12. The predicted molar refractivity (Wildman–Crippen MR) is 75.8 cm³/mol. The highest BCUT2D eigenvalue weighted by Crippen LogP contribution is 2.29. The van der Waals surface area contributed by atoms with E-state index in [1.54, 1.807) is 7.11 Å². The third-order valence-electron chi connectivity index (χ3n) is 3.00. The summed E-state index contributed by atoms with van der Waals surface area (Å²) in [6.07, 6.45) is 6.95. The minimum absolute atomic E-state index is 0.0305. The molecule has 2 rings (SSSR count). The molecule has 1 amide bonds. The number of nitrogens with one attached hydrogen (secondary N) is 1. The van der Waals surface area contributed by atoms with Crippen molar-refractivity contribution in [2.24, 2.45) is 5.92 Å². The van der Waals surface area contributed by atoms with E-state index in [1.807, 2.05) is 18.2 Å². The Hall–Kier alpha value is -1.29. The maximum atomic E-state index is 11.9. The number of benzene rings is 1. The van der Waals surface area contributed by atoms with Gasteiger partial charge >= 0.3 is 0 Å². The van der Waals surface area contributed by atoms with Crippen molar-refractivity contribution in [3.05, 3.63) is 34.8 Å². The molecule has 1 aromatic rings. The van der Waals surface area contributed by atoms with Gasteiger partial charge in [0.2, 0.25) is 5.91 Å². The van der Waals surface area contributed by atoms with Gasteiger partial charge in [-0.25, -0.2) is 0 Å². The van der Waals surface area contributed by atoms with Crippen LogP contribution in [0.15, 0.2) is 34.8 Å². The summed E-state index contributed by atoms with van der Waals surface area (Å²) >= 11 is 3.39. The van der Waals surface area contributed by atoms with Crippen LogP contribution in [0.2, 0.25) is 0 Å². The SMILES string of the molecule is COc1ccc(Br)cc1NC(=O)CC1C=CCC1. The summed E-state index contributed by atoms with van der Waals surface area (Å²) < 4.78 is 6.14. The van der Waals surface area contributed by atoms with Crippen LogP contribution in [0.4, 0.5) is 5.69 Å². The summed E-state index contributed by atoms with van der Waals surface area (Å²) in [6.45, 7) is 0. The first-order chi connectivity index (χ1) is 8.69. The van der Waals surface area contributed by atoms with Gasteiger partial charge in [-0.1, -0.05) is 28.1 Å². The molecule has 0 saturated carbocycles. The number of rotatable bonds is 4. The lowest BCUT2D eigenvalue weighted by molar-refractivity contribution is -0.116. The van der Waals surface area contributed by atoms with Gasteiger partial charge in [0.1, 0.15) is 5.75 Å². The van der Waals surface area contributed by atoms with Gasteiger partial charge in [0.15, 0.2) is 0 Å². The van der Waals surface area contributed by atoms with Crippen molar-refractivity contribution in [3.8, 4) is 5.75 Å². The number of halogens is 1. The number of methoxy groups -OCH3 is 1. The fraction of sp³-hybridized carbons (Fsp3) is 0.357. The highest BCUT2D eigenvalue weighted by molar-refractivity contribution is 9.10. The van der Waals surface area contributed by atoms with Gasteiger partial charge in [-0.15, -0.1) is 0 Å². The van der Waals surface area contributed by atoms with Gasteiger partial charge in [-0.05, 0) is 37.0 Å². The topological polar surface area (TPSA) is 38.3 Å². The fourth-order valence-electron chi connectivity index (χ4n) is 2.08. The molecule has 1 aliphatic carbocycles. The Labute approximate surface area is 115 Å². The zero-order valence-electron chi connectivity index (χ0n) is 10.3. The quantitative estimate of drug-likeness (QED) is 0.860. The molecule has 96 valence electrons. The smallest absolute Gasteiger partial charge is 0.225 e. The second kappa shape index (κ2) is 6.05. The molecule has 0 heterocycles. The molecule has 0 aromatic heterocycles. The molecule has 18 heavy (non-hydrogen) atoms. The first-order valence-electron chi connectivity index (χ1n) is 5.99. The summed E-state index contributed by atoms with van der Waals surface area (Å²) in [4.78, 5) is 11.9. The second-order valence-corrected chi connectivity index (χ2v) is 5.28. The first kappa shape index (κ1) is 13.1. The van der Waals surface area contributed by atoms with Crippen molar-refractivity contribution in [3.63, 3.8) is 0 Å². The number of hydrogen-bond donors (Lipinski definition) is 1. The number of allylic oxidation sites excluding steroid dienone is 2. The predicted octanol–water partition coefficient (Wildman–Crippen LogP) is 3.75. The molecule has 0 radical (unpaired) electrons. The van der Waals surface area contributed by atoms with E-state index >= 15 is 0 Å². The van der Waals surface area contributed by atoms with Crippen LogP contribution in [0.3, 0.4) is 0 Å². The standard InChI is InChI=1S/C14H16BrNO2/c1-18-13-7-6-11(15)9-12(13)16-14(17)8-10-4-2-3-5-10/h2,4,6-7,9-10H,3,5,8H2,1H3,(H,16,17). The molecule has 1 N–H and O–H groups in total. The second-order valence-electron chi connectivity index (χ2n) is 4.36. The van der Waals surface area contributed by atoms with Crippen molar-refractivity contribution < 1.29 is 9.53 Å². The lowest BCUT2D eigenvalue weighted by atomic mass is 10.1. The van der Waals surface area contributed by atoms with E-state index in [-0.39, 0.29) is 5.91 Å². The molecule has 3 nitrogen and oxygen atoms in total. The van der Waals surface area contributed by atoms with Crippen molar-refractivity contribution in [1.29, 1.82) is 0 Å². The molecular weight excluding hydrogens is 294 g/mol. The number of carbonyl (C=O) groups excluding carboxylic acids is 1. The molecule has 0 bridgehead atoms. The number of amides is 1. The van der Waals surface area contributed by atoms with E-state index in [2.05, 4.69) is 33.4 Å². The molecule has 0 fully saturated rings. The van der Waals surface area contributed by atoms with E-state index < -0.39 is 0 Å². The average molecular weight is 310 g/mol. The molecule has 0 spiro atoms. The van der Waals surface area contributed by atoms with Crippen LogP contribution < -0.4 is 10.1 Å². The van der Waals surface area contributed by atoms with Crippen LogP contribution in [-0.2, 0) is 4.79 Å². The van der Waals surface area contributed by atoms with E-state index in [1.165, 1.54) is 0 Å². The third-order valence-corrected chi connectivity index (χ3v) is 3.49. The molecule has 1 atom stereocenters. The Morgan fingerprint density at radius 2 is 2.39 bits per heavy atom. The normalized spacial score (nSPS) is 17.8. The van der Waals surface area contributed by atoms with Crippen molar-refractivity contribution in [2.45, 2.75) is 19.3 Å². The Morgan fingerprint density at radius 3 is 3.06 bits per heavy atom. The molecule has 0 saturated heterocycles. The molecule has 4 heteroatoms. The molecular formula is C14H16BrNO2. The van der Waals surface area contributed by atoms with Gasteiger partial charge in [0.25, 0.3) is 0 Å². The molecule has 1 aliphatic rings. The Balaban J connectivity index is 2.01. The number of hydrogen-bond acceptors (Lipinski definition) is 2. The minimum Gasteiger partial charge on any atom is -0.495 e. The lowest BCUT2D eigenvalue weighted by Crippen LogP contribution is -2.15. The Bertz CT molecular complexity index is 471. The molecule has 0 aliphatic heterocycles. The largest absolute Gasteiger partial charge is 0.495 e. The van der Waals surface area contributed by atoms with Crippen LogP contribution in [0, 0.1) is 5.92 Å².